The van der Waals surface area contributed by atoms with Crippen molar-refractivity contribution in [3.05, 3.63) is 21.2 Å². The van der Waals surface area contributed by atoms with Gasteiger partial charge in [0.25, 0.3) is 0 Å². The predicted molar refractivity (Wildman–Crippen MR) is 62.5 cm³/mol. The summed E-state index contributed by atoms with van der Waals surface area (Å²) < 4.78 is 20.1. The largest absolute Gasteiger partial charge is 0.394 e. The van der Waals surface area contributed by atoms with Crippen LogP contribution in [0.25, 0.3) is 0 Å². The lowest BCUT2D eigenvalue weighted by Gasteiger charge is -2.16. The van der Waals surface area contributed by atoms with E-state index >= 15 is 0 Å². The molecule has 0 radical (unpaired) electrons. The zero-order valence-corrected chi connectivity index (χ0v) is 10.6. The number of nitrogens with two attached hydrogens (primary N) is 1. The van der Waals surface area contributed by atoms with E-state index in [9.17, 15) is 14.3 Å². The van der Waals surface area contributed by atoms with E-state index in [0.717, 1.165) is 4.57 Å². The van der Waals surface area contributed by atoms with Crippen molar-refractivity contribution in [2.75, 3.05) is 12.3 Å². The van der Waals surface area contributed by atoms with Crippen molar-refractivity contribution in [3.8, 4) is 0 Å². The molecule has 9 heteroatoms. The lowest BCUT2D eigenvalue weighted by molar-refractivity contribution is -0.0491. The highest BCUT2D eigenvalue weighted by atomic mass is 79.9. The van der Waals surface area contributed by atoms with Crippen molar-refractivity contribution < 1.29 is 19.3 Å². The third kappa shape index (κ3) is 2.14. The van der Waals surface area contributed by atoms with Gasteiger partial charge in [-0.3, -0.25) is 4.57 Å². The number of ether oxygens (including phenoxy) is 1. The van der Waals surface area contributed by atoms with E-state index < -0.39 is 36.9 Å². The summed E-state index contributed by atoms with van der Waals surface area (Å²) in [5.41, 5.74) is 4.61. The molecule has 1 aromatic heterocycles. The molecule has 1 aliphatic rings. The molecule has 4 atom stereocenters. The summed E-state index contributed by atoms with van der Waals surface area (Å²) >= 11 is 3.06. The summed E-state index contributed by atoms with van der Waals surface area (Å²) in [6, 6.07) is 0. The van der Waals surface area contributed by atoms with Crippen LogP contribution in [0.5, 0.6) is 0 Å². The van der Waals surface area contributed by atoms with Crippen molar-refractivity contribution >= 4 is 21.7 Å². The molecule has 4 N–H and O–H groups in total. The van der Waals surface area contributed by atoms with Crippen LogP contribution < -0.4 is 11.4 Å². The Morgan fingerprint density at radius 2 is 2.33 bits per heavy atom. The number of aromatic nitrogens is 2. The standard InChI is InChI=1S/C9H11BrFN3O4/c10-3-1-14(9(17)13-7(3)12)8-5(11)6(16)4(2-15)18-8/h1,4-6,8,15-16H,2H2,(H2,12,13,17)/t4-,5?,6-,8-/m1/s1. The van der Waals surface area contributed by atoms with Crippen molar-refractivity contribution in [2.45, 2.75) is 24.6 Å². The number of rotatable bonds is 2. The Morgan fingerprint density at radius 3 is 2.89 bits per heavy atom. The van der Waals surface area contributed by atoms with Crippen LogP contribution in [0.2, 0.25) is 0 Å². The quantitative estimate of drug-likeness (QED) is 0.655. The lowest BCUT2D eigenvalue weighted by atomic mass is 10.1. The maximum atomic E-state index is 13.8. The van der Waals surface area contributed by atoms with E-state index in [2.05, 4.69) is 20.9 Å². The Balaban J connectivity index is 2.39. The van der Waals surface area contributed by atoms with Crippen LogP contribution in [0.3, 0.4) is 0 Å². The number of alkyl halides is 1. The molecule has 0 spiro atoms. The molecule has 1 fully saturated rings. The van der Waals surface area contributed by atoms with Crippen LogP contribution >= 0.6 is 15.9 Å². The van der Waals surface area contributed by atoms with Gasteiger partial charge in [-0.25, -0.2) is 9.18 Å². The number of hydrogen-bond donors (Lipinski definition) is 3. The fourth-order valence-corrected chi connectivity index (χ4v) is 2.03. The molecular weight excluding hydrogens is 313 g/mol. The monoisotopic (exact) mass is 323 g/mol. The summed E-state index contributed by atoms with van der Waals surface area (Å²) in [5.74, 6) is -0.0242. The van der Waals surface area contributed by atoms with Crippen LogP contribution in [-0.4, -0.2) is 44.8 Å². The van der Waals surface area contributed by atoms with Gasteiger partial charge in [-0.15, -0.1) is 0 Å². The Morgan fingerprint density at radius 1 is 1.67 bits per heavy atom. The zero-order valence-electron chi connectivity index (χ0n) is 9.03. The van der Waals surface area contributed by atoms with E-state index in [1.165, 1.54) is 6.20 Å². The van der Waals surface area contributed by atoms with Crippen LogP contribution in [0.4, 0.5) is 10.2 Å². The normalized spacial score (nSPS) is 31.8. The van der Waals surface area contributed by atoms with E-state index in [1.807, 2.05) is 0 Å². The molecule has 1 unspecified atom stereocenters. The minimum Gasteiger partial charge on any atom is -0.394 e. The molecule has 7 nitrogen and oxygen atoms in total. The molecule has 0 aromatic carbocycles. The Bertz CT molecular complexity index is 511. The van der Waals surface area contributed by atoms with Crippen LogP contribution in [-0.2, 0) is 4.74 Å². The summed E-state index contributed by atoms with van der Waals surface area (Å²) in [4.78, 5) is 15.1. The van der Waals surface area contributed by atoms with Crippen molar-refractivity contribution in [3.63, 3.8) is 0 Å². The van der Waals surface area contributed by atoms with Crippen molar-refractivity contribution in [1.29, 1.82) is 0 Å². The number of aliphatic hydroxyl groups is 2. The van der Waals surface area contributed by atoms with Gasteiger partial charge in [-0.2, -0.15) is 4.98 Å². The minimum atomic E-state index is -1.84. The average molecular weight is 324 g/mol. The maximum Gasteiger partial charge on any atom is 0.351 e. The van der Waals surface area contributed by atoms with Gasteiger partial charge in [-0.05, 0) is 15.9 Å². The molecule has 1 aromatic rings. The first-order chi connectivity index (χ1) is 8.45. The number of nitrogen functional groups attached to an aromatic ring is 1. The second-order valence-corrected chi connectivity index (χ2v) is 4.70. The molecule has 0 bridgehead atoms. The average Bonchev–Trinajstić information content (AvgIpc) is 2.61. The van der Waals surface area contributed by atoms with Gasteiger partial charge in [0.05, 0.1) is 11.1 Å². The van der Waals surface area contributed by atoms with Crippen LogP contribution in [0.1, 0.15) is 6.23 Å². The first-order valence-corrected chi connectivity index (χ1v) is 5.87. The topological polar surface area (TPSA) is 111 Å². The third-order valence-corrected chi connectivity index (χ3v) is 3.29. The number of aliphatic hydroxyl groups excluding tert-OH is 2. The van der Waals surface area contributed by atoms with E-state index in [0.29, 0.717) is 4.47 Å². The Kier molecular flexibility index (Phi) is 3.66. The maximum absolute atomic E-state index is 13.8. The van der Waals surface area contributed by atoms with Gasteiger partial charge in [0.15, 0.2) is 12.4 Å². The molecule has 0 aliphatic carbocycles. The van der Waals surface area contributed by atoms with Gasteiger partial charge in [0, 0.05) is 6.20 Å². The predicted octanol–water partition coefficient (Wildman–Crippen LogP) is -0.823. The molecule has 100 valence electrons. The fraction of sp³-hybridized carbons (Fsp3) is 0.556. The smallest absolute Gasteiger partial charge is 0.351 e. The fourth-order valence-electron chi connectivity index (χ4n) is 1.72. The summed E-state index contributed by atoms with van der Waals surface area (Å²) in [5, 5.41) is 18.4. The van der Waals surface area contributed by atoms with Gasteiger partial charge < -0.3 is 20.7 Å². The van der Waals surface area contributed by atoms with E-state index in [4.69, 9.17) is 15.6 Å². The second kappa shape index (κ2) is 4.92. The van der Waals surface area contributed by atoms with Crippen LogP contribution in [0, 0.1) is 0 Å². The number of nitrogens with zero attached hydrogens (tertiary/aromatic N) is 2. The highest BCUT2D eigenvalue weighted by molar-refractivity contribution is 9.10. The SMILES string of the molecule is Nc1nc(=O)n([C@@H]2O[C@H](CO)[C@@H](O)C2F)cc1Br. The van der Waals surface area contributed by atoms with Gasteiger partial charge in [-0.1, -0.05) is 0 Å². The van der Waals surface area contributed by atoms with Gasteiger partial charge >= 0.3 is 5.69 Å². The molecule has 2 rings (SSSR count). The molecule has 18 heavy (non-hydrogen) atoms. The molecule has 2 heterocycles. The molecule has 1 aliphatic heterocycles. The summed E-state index contributed by atoms with van der Waals surface area (Å²) in [6.45, 7) is -0.545. The molecule has 0 amide bonds. The molecule has 1 saturated heterocycles. The molecular formula is C9H11BrFN3O4. The first kappa shape index (κ1) is 13.4. The van der Waals surface area contributed by atoms with Gasteiger partial charge in [0.1, 0.15) is 18.0 Å². The third-order valence-electron chi connectivity index (χ3n) is 2.68. The second-order valence-electron chi connectivity index (χ2n) is 3.85. The van der Waals surface area contributed by atoms with E-state index in [1.54, 1.807) is 0 Å². The molecule has 0 saturated carbocycles. The van der Waals surface area contributed by atoms with Crippen molar-refractivity contribution in [2.24, 2.45) is 0 Å². The number of hydrogen-bond acceptors (Lipinski definition) is 6. The van der Waals surface area contributed by atoms with E-state index in [-0.39, 0.29) is 5.82 Å². The van der Waals surface area contributed by atoms with Crippen molar-refractivity contribution in [1.82, 2.24) is 9.55 Å². The Hall–Kier alpha value is -1.03. The highest BCUT2D eigenvalue weighted by Gasteiger charge is 2.45. The first-order valence-electron chi connectivity index (χ1n) is 5.08. The summed E-state index contributed by atoms with van der Waals surface area (Å²) in [7, 11) is 0. The number of anilines is 1. The van der Waals surface area contributed by atoms with Gasteiger partial charge in [0.2, 0.25) is 0 Å². The minimum absolute atomic E-state index is 0.0242. The summed E-state index contributed by atoms with van der Waals surface area (Å²) in [6.07, 6.45) is -4.52. The zero-order chi connectivity index (χ0) is 13.4. The number of halogens is 2. The Labute approximate surface area is 109 Å². The highest BCUT2D eigenvalue weighted by Crippen LogP contribution is 2.31. The lowest BCUT2D eigenvalue weighted by Crippen LogP contribution is -2.33. The van der Waals surface area contributed by atoms with Crippen LogP contribution in [0.15, 0.2) is 15.5 Å².